The van der Waals surface area contributed by atoms with Gasteiger partial charge in [0.2, 0.25) is 0 Å². The van der Waals surface area contributed by atoms with Gasteiger partial charge >= 0.3 is 0 Å². The zero-order valence-electron chi connectivity index (χ0n) is 20.7. The van der Waals surface area contributed by atoms with E-state index in [2.05, 4.69) is 113 Å². The van der Waals surface area contributed by atoms with Gasteiger partial charge in [0.1, 0.15) is 0 Å². The first kappa shape index (κ1) is 26.3. The first-order valence-electron chi connectivity index (χ1n) is 11.8. The third kappa shape index (κ3) is 5.89. The van der Waals surface area contributed by atoms with Crippen molar-refractivity contribution in [3.63, 3.8) is 0 Å². The quantitative estimate of drug-likeness (QED) is 0.227. The van der Waals surface area contributed by atoms with Gasteiger partial charge in [-0.25, -0.2) is 0 Å². The lowest BCUT2D eigenvalue weighted by molar-refractivity contribution is 0.386. The molecule has 0 bridgehead atoms. The van der Waals surface area contributed by atoms with Crippen molar-refractivity contribution in [2.45, 2.75) is 62.8 Å². The smallest absolute Gasteiger partial charge is 0.260 e. The molecule has 1 nitrogen and oxygen atoms in total. The Morgan fingerprint density at radius 3 is 1.72 bits per heavy atom. The van der Waals surface area contributed by atoms with Gasteiger partial charge in [0.05, 0.1) is 8.07 Å². The van der Waals surface area contributed by atoms with E-state index >= 15 is 0 Å². The van der Waals surface area contributed by atoms with Gasteiger partial charge in [-0.05, 0) is 45.5 Å². The van der Waals surface area contributed by atoms with Crippen LogP contribution in [0.3, 0.4) is 0 Å². The largest absolute Gasteiger partial charge is 0.411 e. The third-order valence-corrected chi connectivity index (χ3v) is 16.7. The van der Waals surface area contributed by atoms with E-state index in [0.29, 0.717) is 0 Å². The Morgan fingerprint density at radius 2 is 1.28 bits per heavy atom. The first-order chi connectivity index (χ1) is 15.3. The van der Waals surface area contributed by atoms with Crippen molar-refractivity contribution in [3.8, 4) is 0 Å². The third-order valence-electron chi connectivity index (χ3n) is 6.81. The Bertz CT molecular complexity index is 838. The van der Waals surface area contributed by atoms with Crippen LogP contribution >= 0.6 is 0 Å². The van der Waals surface area contributed by atoms with Crippen LogP contribution in [-0.4, -0.2) is 23.5 Å². The highest BCUT2D eigenvalue weighted by molar-refractivity contribution is 6.99. The molecule has 0 saturated carbocycles. The number of hydrogen-bond donors (Lipinski definition) is 0. The van der Waals surface area contributed by atoms with E-state index in [-0.39, 0.29) is 5.04 Å². The zero-order chi connectivity index (χ0) is 23.7. The van der Waals surface area contributed by atoms with Crippen LogP contribution in [0.2, 0.25) is 29.2 Å². The molecule has 1 unspecified atom stereocenters. The van der Waals surface area contributed by atoms with E-state index in [9.17, 15) is 0 Å². The topological polar surface area (TPSA) is 9.23 Å². The Balaban J connectivity index is 2.23. The summed E-state index contributed by atoms with van der Waals surface area (Å²) in [5.41, 5.74) is 1.41. The Morgan fingerprint density at radius 1 is 0.781 bits per heavy atom. The van der Waals surface area contributed by atoms with E-state index < -0.39 is 16.4 Å². The predicted octanol–water partition coefficient (Wildman–Crippen LogP) is 7.13. The summed E-state index contributed by atoms with van der Waals surface area (Å²) < 4.78 is 6.44. The van der Waals surface area contributed by atoms with Gasteiger partial charge in [0.25, 0.3) is 8.32 Å². The zero-order valence-corrected chi connectivity index (χ0v) is 22.7. The minimum Gasteiger partial charge on any atom is -0.411 e. The molecule has 0 radical (unpaired) electrons. The number of hydrogen-bond acceptors (Lipinski definition) is 1. The van der Waals surface area contributed by atoms with Crippen LogP contribution in [0.1, 0.15) is 32.8 Å². The second-order valence-electron chi connectivity index (χ2n) is 10.0. The average molecular weight is 463 g/mol. The van der Waals surface area contributed by atoms with Crippen molar-refractivity contribution in [3.05, 3.63) is 98.1 Å². The van der Waals surface area contributed by atoms with E-state index in [1.165, 1.54) is 28.4 Å². The molecule has 0 aromatic heterocycles. The summed E-state index contributed by atoms with van der Waals surface area (Å²) >= 11 is 0. The highest BCUT2D eigenvalue weighted by atomic mass is 28.4. The van der Waals surface area contributed by atoms with Crippen LogP contribution in [0.15, 0.2) is 92.6 Å². The Hall–Kier alpha value is -1.95. The van der Waals surface area contributed by atoms with Crippen LogP contribution in [0.4, 0.5) is 0 Å². The second-order valence-corrected chi connectivity index (χ2v) is 19.2. The van der Waals surface area contributed by atoms with Crippen LogP contribution in [0, 0.1) is 0 Å². The fourth-order valence-electron chi connectivity index (χ4n) is 5.30. The molecule has 0 heterocycles. The predicted molar refractivity (Wildman–Crippen MR) is 149 cm³/mol. The van der Waals surface area contributed by atoms with Gasteiger partial charge < -0.3 is 4.43 Å². The maximum Gasteiger partial charge on any atom is 0.260 e. The van der Waals surface area contributed by atoms with Crippen molar-refractivity contribution < 1.29 is 4.43 Å². The molecule has 1 atom stereocenters. The number of benzene rings is 2. The monoisotopic (exact) mass is 462 g/mol. The maximum absolute atomic E-state index is 6.44. The molecule has 0 aliphatic carbocycles. The summed E-state index contributed by atoms with van der Waals surface area (Å²) in [4.78, 5) is 0. The highest BCUT2D eigenvalue weighted by Crippen LogP contribution is 2.36. The standard InChI is InChI=1S/C29H42OSi2/c1-8-22-31(23-9-2,24-10-3)25-14-15-26-18-20-28(21-19-26)32(30-7,29(4,5)6)27-16-12-11-13-17-27/h8-13,16-21H,1-3,14-15,22-25H2,4-7H3. The molecule has 2 aromatic rings. The lowest BCUT2D eigenvalue weighted by atomic mass is 10.1. The van der Waals surface area contributed by atoms with E-state index in [1.807, 2.05) is 7.11 Å². The molecule has 172 valence electrons. The van der Waals surface area contributed by atoms with E-state index in [0.717, 1.165) is 24.6 Å². The molecule has 0 fully saturated rings. The van der Waals surface area contributed by atoms with Crippen LogP contribution in [-0.2, 0) is 10.8 Å². The van der Waals surface area contributed by atoms with Crippen molar-refractivity contribution in [1.29, 1.82) is 0 Å². The van der Waals surface area contributed by atoms with Crippen molar-refractivity contribution in [1.82, 2.24) is 0 Å². The lowest BCUT2D eigenvalue weighted by Crippen LogP contribution is -2.66. The molecule has 0 saturated heterocycles. The Kier molecular flexibility index (Phi) is 9.69. The van der Waals surface area contributed by atoms with Gasteiger partial charge in [-0.2, -0.15) is 0 Å². The Labute approximate surface area is 199 Å². The molecule has 0 aliphatic rings. The molecule has 32 heavy (non-hydrogen) atoms. The van der Waals surface area contributed by atoms with Crippen molar-refractivity contribution in [2.24, 2.45) is 0 Å². The van der Waals surface area contributed by atoms with Gasteiger partial charge in [0, 0.05) is 7.11 Å². The van der Waals surface area contributed by atoms with Gasteiger partial charge in [-0.1, -0.05) is 106 Å². The molecule has 0 aliphatic heterocycles. The summed E-state index contributed by atoms with van der Waals surface area (Å²) in [5.74, 6) is 0. The van der Waals surface area contributed by atoms with Crippen LogP contribution in [0.5, 0.6) is 0 Å². The summed E-state index contributed by atoms with van der Waals surface area (Å²) in [5, 5.41) is 2.71. The summed E-state index contributed by atoms with van der Waals surface area (Å²) in [6.07, 6.45) is 8.66. The SMILES string of the molecule is C=CC[Si](CC=C)(CC=C)CCCc1ccc([Si](OC)(c2ccccc2)C(C)(C)C)cc1. The van der Waals surface area contributed by atoms with E-state index in [1.54, 1.807) is 0 Å². The summed E-state index contributed by atoms with van der Waals surface area (Å²) in [6.45, 7) is 19.0. The molecular formula is C29H42OSi2. The van der Waals surface area contributed by atoms with Crippen molar-refractivity contribution >= 4 is 26.8 Å². The molecule has 3 heteroatoms. The summed E-state index contributed by atoms with van der Waals surface area (Å²) in [6, 6.07) is 24.8. The van der Waals surface area contributed by atoms with Crippen LogP contribution in [0.25, 0.3) is 0 Å². The van der Waals surface area contributed by atoms with Gasteiger partial charge in [-0.3, -0.25) is 0 Å². The molecule has 0 spiro atoms. The average Bonchev–Trinajstić information content (AvgIpc) is 2.76. The number of rotatable bonds is 13. The summed E-state index contributed by atoms with van der Waals surface area (Å²) in [7, 11) is -1.91. The minimum absolute atomic E-state index is 0.0376. The van der Waals surface area contributed by atoms with Gasteiger partial charge in [0.15, 0.2) is 0 Å². The van der Waals surface area contributed by atoms with Gasteiger partial charge in [-0.15, -0.1) is 19.7 Å². The van der Waals surface area contributed by atoms with E-state index in [4.69, 9.17) is 4.43 Å². The molecule has 0 amide bonds. The highest BCUT2D eigenvalue weighted by Gasteiger charge is 2.49. The van der Waals surface area contributed by atoms with Crippen LogP contribution < -0.4 is 10.4 Å². The van der Waals surface area contributed by atoms with Crippen molar-refractivity contribution in [2.75, 3.05) is 7.11 Å². The first-order valence-corrected chi connectivity index (χ1v) is 16.5. The number of aryl methyl sites for hydroxylation is 1. The number of allylic oxidation sites excluding steroid dienone is 3. The maximum atomic E-state index is 6.44. The fourth-order valence-corrected chi connectivity index (χ4v) is 13.6. The molecular weight excluding hydrogens is 420 g/mol. The molecule has 2 aromatic carbocycles. The minimum atomic E-state index is -2.37. The molecule has 0 N–H and O–H groups in total. The molecule has 2 rings (SSSR count). The fraction of sp³-hybridized carbons (Fsp3) is 0.379. The normalized spacial score (nSPS) is 13.9. The lowest BCUT2D eigenvalue weighted by Gasteiger charge is -2.42. The second kappa shape index (κ2) is 11.8.